The predicted molar refractivity (Wildman–Crippen MR) is 59.1 cm³/mol. The third-order valence-electron chi connectivity index (χ3n) is 2.35. The van der Waals surface area contributed by atoms with Crippen LogP contribution in [0.4, 0.5) is 19.0 Å². The van der Waals surface area contributed by atoms with Crippen LogP contribution in [0.3, 0.4) is 0 Å². The van der Waals surface area contributed by atoms with E-state index in [4.69, 9.17) is 0 Å². The third-order valence-corrected chi connectivity index (χ3v) is 2.35. The summed E-state index contributed by atoms with van der Waals surface area (Å²) in [6.45, 7) is 0.324. The first-order valence-electron chi connectivity index (χ1n) is 5.16. The summed E-state index contributed by atoms with van der Waals surface area (Å²) in [7, 11) is 2.91. The molecule has 0 saturated carbocycles. The van der Waals surface area contributed by atoms with Crippen molar-refractivity contribution in [1.29, 1.82) is 0 Å². The number of aromatic nitrogens is 1. The maximum absolute atomic E-state index is 12.3. The van der Waals surface area contributed by atoms with Gasteiger partial charge >= 0.3 is 12.1 Å². The van der Waals surface area contributed by atoms with Crippen molar-refractivity contribution in [3.8, 4) is 0 Å². The summed E-state index contributed by atoms with van der Waals surface area (Å²) in [6, 6.07) is 2.22. The van der Waals surface area contributed by atoms with Gasteiger partial charge in [-0.05, 0) is 12.1 Å². The number of esters is 1. The van der Waals surface area contributed by atoms with Crippen molar-refractivity contribution < 1.29 is 22.7 Å². The summed E-state index contributed by atoms with van der Waals surface area (Å²) in [6.07, 6.45) is -3.48. The lowest BCUT2D eigenvalue weighted by atomic mass is 10.2. The molecular formula is C11H13F3N2O2. The van der Waals surface area contributed by atoms with Crippen molar-refractivity contribution in [2.75, 3.05) is 25.6 Å². The van der Waals surface area contributed by atoms with Gasteiger partial charge in [-0.15, -0.1) is 0 Å². The van der Waals surface area contributed by atoms with Gasteiger partial charge in [0.25, 0.3) is 0 Å². The van der Waals surface area contributed by atoms with Crippen LogP contribution in [-0.2, 0) is 15.7 Å². The van der Waals surface area contributed by atoms with E-state index < -0.39 is 11.7 Å². The van der Waals surface area contributed by atoms with Gasteiger partial charge in [0.2, 0.25) is 0 Å². The first kappa shape index (κ1) is 14.3. The number of rotatable bonds is 4. The Morgan fingerprint density at radius 1 is 1.44 bits per heavy atom. The molecule has 18 heavy (non-hydrogen) atoms. The topological polar surface area (TPSA) is 42.4 Å². The Bertz CT molecular complexity index is 404. The molecule has 1 rings (SSSR count). The van der Waals surface area contributed by atoms with Crippen LogP contribution >= 0.6 is 0 Å². The molecule has 0 N–H and O–H groups in total. The van der Waals surface area contributed by atoms with Crippen LogP contribution in [-0.4, -0.2) is 31.7 Å². The zero-order valence-corrected chi connectivity index (χ0v) is 9.99. The molecule has 100 valence electrons. The number of carbonyl (C=O) groups is 1. The fourth-order valence-corrected chi connectivity index (χ4v) is 1.26. The van der Waals surface area contributed by atoms with E-state index in [9.17, 15) is 18.0 Å². The van der Waals surface area contributed by atoms with Crippen molar-refractivity contribution in [2.24, 2.45) is 0 Å². The second-order valence-corrected chi connectivity index (χ2v) is 3.65. The van der Waals surface area contributed by atoms with Crippen molar-refractivity contribution in [3.05, 3.63) is 23.9 Å². The quantitative estimate of drug-likeness (QED) is 0.779. The highest BCUT2D eigenvalue weighted by Crippen LogP contribution is 2.29. The highest BCUT2D eigenvalue weighted by molar-refractivity contribution is 5.69. The molecule has 0 fully saturated rings. The largest absolute Gasteiger partial charge is 0.469 e. The minimum atomic E-state index is -4.39. The SMILES string of the molecule is COC(=O)CCN(C)c1ccc(C(F)(F)F)cn1. The summed E-state index contributed by atoms with van der Waals surface area (Å²) in [5.74, 6) is -0.0133. The van der Waals surface area contributed by atoms with E-state index in [1.165, 1.54) is 13.2 Å². The molecule has 0 bridgehead atoms. The monoisotopic (exact) mass is 262 g/mol. The molecule has 0 aliphatic rings. The van der Waals surface area contributed by atoms with Crippen molar-refractivity contribution in [1.82, 2.24) is 4.98 Å². The van der Waals surface area contributed by atoms with Gasteiger partial charge in [0, 0.05) is 19.8 Å². The molecule has 1 heterocycles. The first-order chi connectivity index (χ1) is 8.34. The maximum Gasteiger partial charge on any atom is 0.417 e. The molecule has 0 radical (unpaired) electrons. The minimum absolute atomic E-state index is 0.149. The zero-order chi connectivity index (χ0) is 13.8. The summed E-state index contributed by atoms with van der Waals surface area (Å²) < 4.78 is 41.4. The number of hydrogen-bond donors (Lipinski definition) is 0. The molecule has 0 atom stereocenters. The summed E-state index contributed by atoms with van der Waals surface area (Å²) in [5.41, 5.74) is -0.799. The molecule has 0 aromatic carbocycles. The van der Waals surface area contributed by atoms with Gasteiger partial charge in [-0.3, -0.25) is 4.79 Å². The molecule has 7 heteroatoms. The average molecular weight is 262 g/mol. The van der Waals surface area contributed by atoms with E-state index in [1.54, 1.807) is 11.9 Å². The number of alkyl halides is 3. The van der Waals surface area contributed by atoms with E-state index in [0.29, 0.717) is 12.4 Å². The van der Waals surface area contributed by atoms with Gasteiger partial charge in [-0.1, -0.05) is 0 Å². The van der Waals surface area contributed by atoms with Crippen LogP contribution in [0.25, 0.3) is 0 Å². The Kier molecular flexibility index (Phi) is 4.52. The van der Waals surface area contributed by atoms with Crippen LogP contribution in [0.1, 0.15) is 12.0 Å². The second-order valence-electron chi connectivity index (χ2n) is 3.65. The lowest BCUT2D eigenvalue weighted by Crippen LogP contribution is -2.22. The van der Waals surface area contributed by atoms with E-state index in [-0.39, 0.29) is 12.4 Å². The number of anilines is 1. The molecular weight excluding hydrogens is 249 g/mol. The van der Waals surface area contributed by atoms with Crippen LogP contribution < -0.4 is 4.90 Å². The normalized spacial score (nSPS) is 11.2. The minimum Gasteiger partial charge on any atom is -0.469 e. The van der Waals surface area contributed by atoms with Crippen molar-refractivity contribution in [3.63, 3.8) is 0 Å². The number of halogens is 3. The fourth-order valence-electron chi connectivity index (χ4n) is 1.26. The first-order valence-corrected chi connectivity index (χ1v) is 5.16. The lowest BCUT2D eigenvalue weighted by Gasteiger charge is -2.17. The molecule has 0 saturated heterocycles. The van der Waals surface area contributed by atoms with E-state index in [2.05, 4.69) is 9.72 Å². The van der Waals surface area contributed by atoms with E-state index >= 15 is 0 Å². The van der Waals surface area contributed by atoms with Crippen LogP contribution in [0.15, 0.2) is 18.3 Å². The van der Waals surface area contributed by atoms with Gasteiger partial charge in [0.1, 0.15) is 5.82 Å². The second kappa shape index (κ2) is 5.70. The molecule has 1 aromatic heterocycles. The summed E-state index contributed by atoms with van der Waals surface area (Å²) in [5, 5.41) is 0. The number of ether oxygens (including phenoxy) is 1. The summed E-state index contributed by atoms with van der Waals surface area (Å²) >= 11 is 0. The molecule has 1 aromatic rings. The van der Waals surface area contributed by atoms with Gasteiger partial charge < -0.3 is 9.64 Å². The van der Waals surface area contributed by atoms with Gasteiger partial charge in [-0.2, -0.15) is 13.2 Å². The Morgan fingerprint density at radius 3 is 2.56 bits per heavy atom. The summed E-state index contributed by atoms with van der Waals surface area (Å²) in [4.78, 5) is 16.2. The molecule has 0 unspecified atom stereocenters. The number of carbonyl (C=O) groups excluding carboxylic acids is 1. The maximum atomic E-state index is 12.3. The van der Waals surface area contributed by atoms with Crippen LogP contribution in [0.2, 0.25) is 0 Å². The Labute approximate surface area is 102 Å². The lowest BCUT2D eigenvalue weighted by molar-refractivity contribution is -0.140. The Hall–Kier alpha value is -1.79. The molecule has 0 spiro atoms. The van der Waals surface area contributed by atoms with Crippen LogP contribution in [0, 0.1) is 0 Å². The standard InChI is InChI=1S/C11H13F3N2O2/c1-16(6-5-10(17)18-2)9-4-3-8(7-15-9)11(12,13)14/h3-4,7H,5-6H2,1-2H3. The van der Waals surface area contributed by atoms with Gasteiger partial charge in [-0.25, -0.2) is 4.98 Å². The van der Waals surface area contributed by atoms with E-state index in [0.717, 1.165) is 12.3 Å². The third kappa shape index (κ3) is 3.90. The zero-order valence-electron chi connectivity index (χ0n) is 9.99. The number of nitrogens with zero attached hydrogens (tertiary/aromatic N) is 2. The van der Waals surface area contributed by atoms with Gasteiger partial charge in [0.15, 0.2) is 0 Å². The molecule has 0 aliphatic heterocycles. The molecule has 0 aliphatic carbocycles. The Balaban J connectivity index is 2.65. The van der Waals surface area contributed by atoms with Crippen molar-refractivity contribution in [2.45, 2.75) is 12.6 Å². The number of hydrogen-bond acceptors (Lipinski definition) is 4. The number of pyridine rings is 1. The Morgan fingerprint density at radius 2 is 2.11 bits per heavy atom. The predicted octanol–water partition coefficient (Wildman–Crippen LogP) is 2.10. The molecule has 4 nitrogen and oxygen atoms in total. The smallest absolute Gasteiger partial charge is 0.417 e. The average Bonchev–Trinajstić information content (AvgIpc) is 2.34. The van der Waals surface area contributed by atoms with Gasteiger partial charge in [0.05, 0.1) is 19.1 Å². The highest BCUT2D eigenvalue weighted by atomic mass is 19.4. The molecule has 0 amide bonds. The van der Waals surface area contributed by atoms with Crippen LogP contribution in [0.5, 0.6) is 0 Å². The van der Waals surface area contributed by atoms with Crippen molar-refractivity contribution >= 4 is 11.8 Å². The fraction of sp³-hybridized carbons (Fsp3) is 0.455. The highest BCUT2D eigenvalue weighted by Gasteiger charge is 2.30. The van der Waals surface area contributed by atoms with E-state index in [1.807, 2.05) is 0 Å². The number of methoxy groups -OCH3 is 1.